The summed E-state index contributed by atoms with van der Waals surface area (Å²) in [5, 5.41) is 2.19. The first-order valence-electron chi connectivity index (χ1n) is 5.02. The maximum absolute atomic E-state index is 5.73. The molecular formula is C11H16O2S2. The molecule has 2 rings (SSSR count). The minimum absolute atomic E-state index is 0.145. The average molecular weight is 244 g/mol. The van der Waals surface area contributed by atoms with Gasteiger partial charge in [0.2, 0.25) is 0 Å². The van der Waals surface area contributed by atoms with Crippen molar-refractivity contribution in [3.05, 3.63) is 17.0 Å². The van der Waals surface area contributed by atoms with Gasteiger partial charge in [-0.1, -0.05) is 0 Å². The van der Waals surface area contributed by atoms with Crippen LogP contribution in [-0.2, 0) is 15.1 Å². The van der Waals surface area contributed by atoms with Crippen LogP contribution in [0.15, 0.2) is 15.7 Å². The standard InChI is InChI=1S/C11H16O2S2/c1-8-11(12-2,4-5-13-8)9-6-10(14-3)15-7-9/h6-8H,4-5H2,1-3H3. The van der Waals surface area contributed by atoms with Gasteiger partial charge in [0.15, 0.2) is 0 Å². The Morgan fingerprint density at radius 3 is 2.93 bits per heavy atom. The van der Waals surface area contributed by atoms with Gasteiger partial charge in [0.1, 0.15) is 5.60 Å². The molecule has 2 nitrogen and oxygen atoms in total. The first-order chi connectivity index (χ1) is 7.23. The van der Waals surface area contributed by atoms with Crippen molar-refractivity contribution in [1.29, 1.82) is 0 Å². The summed E-state index contributed by atoms with van der Waals surface area (Å²) in [6.45, 7) is 2.88. The maximum atomic E-state index is 5.73. The molecule has 2 atom stereocenters. The molecule has 84 valence electrons. The number of hydrogen-bond acceptors (Lipinski definition) is 4. The second kappa shape index (κ2) is 4.45. The molecule has 0 N–H and O–H groups in total. The van der Waals surface area contributed by atoms with Crippen molar-refractivity contribution in [3.8, 4) is 0 Å². The fraction of sp³-hybridized carbons (Fsp3) is 0.636. The molecule has 0 aliphatic carbocycles. The van der Waals surface area contributed by atoms with Crippen molar-refractivity contribution < 1.29 is 9.47 Å². The lowest BCUT2D eigenvalue weighted by Gasteiger charge is -2.30. The zero-order chi connectivity index (χ0) is 10.9. The SMILES string of the molecule is COC1(c2csc(SC)c2)CCOC1C. The molecule has 1 aliphatic heterocycles. The number of methoxy groups -OCH3 is 1. The summed E-state index contributed by atoms with van der Waals surface area (Å²) in [5.41, 5.74) is 1.05. The van der Waals surface area contributed by atoms with Crippen molar-refractivity contribution >= 4 is 23.1 Å². The van der Waals surface area contributed by atoms with Crippen molar-refractivity contribution in [2.75, 3.05) is 20.0 Å². The van der Waals surface area contributed by atoms with Crippen LogP contribution in [0.5, 0.6) is 0 Å². The molecule has 0 aromatic carbocycles. The van der Waals surface area contributed by atoms with Gasteiger partial charge in [0, 0.05) is 13.5 Å². The van der Waals surface area contributed by atoms with E-state index >= 15 is 0 Å². The lowest BCUT2D eigenvalue weighted by atomic mass is 9.90. The fourth-order valence-electron chi connectivity index (χ4n) is 2.14. The van der Waals surface area contributed by atoms with Gasteiger partial charge in [-0.3, -0.25) is 0 Å². The molecule has 2 unspecified atom stereocenters. The Labute approximate surface area is 99.0 Å². The third-order valence-corrected chi connectivity index (χ3v) is 5.16. The summed E-state index contributed by atoms with van der Waals surface area (Å²) in [6, 6.07) is 2.23. The second-order valence-corrected chi connectivity index (χ2v) is 5.73. The van der Waals surface area contributed by atoms with Gasteiger partial charge < -0.3 is 9.47 Å². The van der Waals surface area contributed by atoms with Crippen LogP contribution in [-0.4, -0.2) is 26.1 Å². The van der Waals surface area contributed by atoms with E-state index < -0.39 is 0 Å². The average Bonchev–Trinajstić information content (AvgIpc) is 2.84. The Kier molecular flexibility index (Phi) is 3.40. The molecule has 1 aliphatic rings. The van der Waals surface area contributed by atoms with Gasteiger partial charge in [0.25, 0.3) is 0 Å². The summed E-state index contributed by atoms with van der Waals surface area (Å²) < 4.78 is 12.7. The molecule has 0 amide bonds. The van der Waals surface area contributed by atoms with Crippen molar-refractivity contribution in [1.82, 2.24) is 0 Å². The van der Waals surface area contributed by atoms with Crippen LogP contribution >= 0.6 is 23.1 Å². The van der Waals surface area contributed by atoms with Crippen LogP contribution < -0.4 is 0 Å². The van der Waals surface area contributed by atoms with Gasteiger partial charge in [0.05, 0.1) is 16.9 Å². The third kappa shape index (κ3) is 1.84. The van der Waals surface area contributed by atoms with Crippen LogP contribution in [0.3, 0.4) is 0 Å². The summed E-state index contributed by atoms with van der Waals surface area (Å²) >= 11 is 3.56. The Morgan fingerprint density at radius 2 is 2.47 bits per heavy atom. The molecular weight excluding hydrogens is 228 g/mol. The van der Waals surface area contributed by atoms with Gasteiger partial charge in [-0.05, 0) is 30.2 Å². The minimum Gasteiger partial charge on any atom is -0.375 e. The molecule has 1 saturated heterocycles. The van der Waals surface area contributed by atoms with E-state index in [2.05, 4.69) is 24.6 Å². The van der Waals surface area contributed by atoms with Crippen LogP contribution in [0, 0.1) is 0 Å². The van der Waals surface area contributed by atoms with Crippen LogP contribution in [0.1, 0.15) is 18.9 Å². The molecule has 0 saturated carbocycles. The summed E-state index contributed by atoms with van der Waals surface area (Å²) in [4.78, 5) is 0. The second-order valence-electron chi connectivity index (χ2n) is 3.72. The summed E-state index contributed by atoms with van der Waals surface area (Å²) in [5.74, 6) is 0. The Bertz CT molecular complexity index is 337. The van der Waals surface area contributed by atoms with Crippen LogP contribution in [0.2, 0.25) is 0 Å². The molecule has 1 aromatic rings. The van der Waals surface area contributed by atoms with E-state index in [9.17, 15) is 0 Å². The first-order valence-corrected chi connectivity index (χ1v) is 7.13. The van der Waals surface area contributed by atoms with E-state index in [4.69, 9.17) is 9.47 Å². The van der Waals surface area contributed by atoms with Crippen molar-refractivity contribution in [2.45, 2.75) is 29.3 Å². The van der Waals surface area contributed by atoms with Crippen LogP contribution in [0.4, 0.5) is 0 Å². The highest BCUT2D eigenvalue weighted by Gasteiger charge is 2.43. The van der Waals surface area contributed by atoms with E-state index in [0.717, 1.165) is 13.0 Å². The van der Waals surface area contributed by atoms with Gasteiger partial charge in [-0.2, -0.15) is 0 Å². The normalized spacial score (nSPS) is 31.0. The fourth-order valence-corrected chi connectivity index (χ4v) is 3.62. The largest absolute Gasteiger partial charge is 0.375 e. The number of thioether (sulfide) groups is 1. The van der Waals surface area contributed by atoms with E-state index in [1.165, 1.54) is 9.77 Å². The predicted molar refractivity (Wildman–Crippen MR) is 64.8 cm³/mol. The highest BCUT2D eigenvalue weighted by molar-refractivity contribution is 8.00. The Morgan fingerprint density at radius 1 is 1.67 bits per heavy atom. The molecule has 4 heteroatoms. The number of hydrogen-bond donors (Lipinski definition) is 0. The quantitative estimate of drug-likeness (QED) is 0.761. The van der Waals surface area contributed by atoms with Gasteiger partial charge >= 0.3 is 0 Å². The molecule has 1 fully saturated rings. The van der Waals surface area contributed by atoms with E-state index in [1.807, 2.05) is 0 Å². The van der Waals surface area contributed by atoms with Gasteiger partial charge in [-0.15, -0.1) is 23.1 Å². The predicted octanol–water partition coefficient (Wildman–Crippen LogP) is 3.12. The summed E-state index contributed by atoms with van der Waals surface area (Å²) in [6.07, 6.45) is 3.20. The van der Waals surface area contributed by atoms with Crippen molar-refractivity contribution in [2.24, 2.45) is 0 Å². The number of rotatable bonds is 3. The molecule has 15 heavy (non-hydrogen) atoms. The van der Waals surface area contributed by atoms with E-state index in [-0.39, 0.29) is 11.7 Å². The zero-order valence-electron chi connectivity index (χ0n) is 9.28. The zero-order valence-corrected chi connectivity index (χ0v) is 10.9. The molecule has 2 heterocycles. The van der Waals surface area contributed by atoms with Crippen LogP contribution in [0.25, 0.3) is 0 Å². The maximum Gasteiger partial charge on any atom is 0.121 e. The molecule has 0 bridgehead atoms. The lowest BCUT2D eigenvalue weighted by Crippen LogP contribution is -2.35. The Balaban J connectivity index is 2.33. The highest BCUT2D eigenvalue weighted by Crippen LogP contribution is 2.42. The summed E-state index contributed by atoms with van der Waals surface area (Å²) in [7, 11) is 1.78. The monoisotopic (exact) mass is 244 g/mol. The molecule has 0 spiro atoms. The minimum atomic E-state index is -0.218. The Hall–Kier alpha value is -0.0300. The molecule has 1 aromatic heterocycles. The number of ether oxygens (including phenoxy) is 2. The van der Waals surface area contributed by atoms with Gasteiger partial charge in [-0.25, -0.2) is 0 Å². The topological polar surface area (TPSA) is 18.5 Å². The van der Waals surface area contributed by atoms with E-state index in [0.29, 0.717) is 0 Å². The van der Waals surface area contributed by atoms with Crippen molar-refractivity contribution in [3.63, 3.8) is 0 Å². The first kappa shape index (κ1) is 11.5. The number of thiophene rings is 1. The smallest absolute Gasteiger partial charge is 0.121 e. The highest BCUT2D eigenvalue weighted by atomic mass is 32.2. The third-order valence-electron chi connectivity index (χ3n) is 3.13. The van der Waals surface area contributed by atoms with E-state index in [1.54, 1.807) is 30.2 Å². The lowest BCUT2D eigenvalue weighted by molar-refractivity contribution is -0.0645. The molecule has 0 radical (unpaired) electrons.